The van der Waals surface area contributed by atoms with Gasteiger partial charge in [0.2, 0.25) is 5.91 Å². The van der Waals surface area contributed by atoms with Gasteiger partial charge in [-0.25, -0.2) is 0 Å². The average Bonchev–Trinajstić information content (AvgIpc) is 2.99. The normalized spacial score (nSPS) is 24.1. The van der Waals surface area contributed by atoms with Gasteiger partial charge in [-0.3, -0.25) is 9.48 Å². The lowest BCUT2D eigenvalue weighted by atomic mass is 9.98. The van der Waals surface area contributed by atoms with Gasteiger partial charge >= 0.3 is 0 Å². The van der Waals surface area contributed by atoms with Crippen LogP contribution in [0, 0.1) is 6.92 Å². The minimum absolute atomic E-state index is 0.0167. The van der Waals surface area contributed by atoms with Crippen LogP contribution < -0.4 is 0 Å². The fraction of sp³-hybridized carbons (Fsp3) is 0.474. The molecule has 0 N–H and O–H groups in total. The molecule has 2 aromatic rings. The number of nitrogens with zero attached hydrogens (tertiary/aromatic N) is 3. The minimum Gasteiger partial charge on any atom is -0.369 e. The van der Waals surface area contributed by atoms with Crippen LogP contribution in [0.1, 0.15) is 37.5 Å². The summed E-state index contributed by atoms with van der Waals surface area (Å²) in [5.41, 5.74) is 2.23. The number of benzene rings is 1. The Hall–Kier alpha value is -2.14. The van der Waals surface area contributed by atoms with E-state index >= 15 is 0 Å². The maximum absolute atomic E-state index is 12.8. The quantitative estimate of drug-likeness (QED) is 0.867. The number of aromatic nitrogens is 2. The van der Waals surface area contributed by atoms with Gasteiger partial charge in [-0.05, 0) is 31.9 Å². The second-order valence-electron chi connectivity index (χ2n) is 6.59. The van der Waals surface area contributed by atoms with Crippen molar-refractivity contribution < 1.29 is 9.53 Å². The summed E-state index contributed by atoms with van der Waals surface area (Å²) in [4.78, 5) is 14.8. The van der Waals surface area contributed by atoms with Crippen molar-refractivity contribution in [2.24, 2.45) is 0 Å². The molecule has 0 saturated carbocycles. The summed E-state index contributed by atoms with van der Waals surface area (Å²) in [7, 11) is 0. The second kappa shape index (κ2) is 7.18. The van der Waals surface area contributed by atoms with E-state index in [4.69, 9.17) is 4.74 Å². The maximum Gasteiger partial charge on any atom is 0.225 e. The molecule has 1 aromatic carbocycles. The Balaban J connectivity index is 1.69. The molecule has 2 heterocycles. The van der Waals surface area contributed by atoms with Gasteiger partial charge in [-0.15, -0.1) is 0 Å². The van der Waals surface area contributed by atoms with Crippen LogP contribution in [0.25, 0.3) is 0 Å². The number of carbonyl (C=O) groups is 1. The predicted molar refractivity (Wildman–Crippen MR) is 92.5 cm³/mol. The SMILES string of the molecule is Cc1cnn(CCC(=O)N2[C@H](C)CO[C@H](c3ccccc3)[C@H]2C)c1. The van der Waals surface area contributed by atoms with Gasteiger partial charge < -0.3 is 9.64 Å². The van der Waals surface area contributed by atoms with E-state index in [1.807, 2.05) is 54.0 Å². The number of aryl methyl sites for hydroxylation is 2. The van der Waals surface area contributed by atoms with E-state index in [0.717, 1.165) is 11.1 Å². The van der Waals surface area contributed by atoms with Crippen molar-refractivity contribution in [2.75, 3.05) is 6.61 Å². The number of morpholine rings is 1. The summed E-state index contributed by atoms with van der Waals surface area (Å²) >= 11 is 0. The zero-order valence-electron chi connectivity index (χ0n) is 14.6. The van der Waals surface area contributed by atoms with E-state index < -0.39 is 0 Å². The molecule has 1 saturated heterocycles. The van der Waals surface area contributed by atoms with Gasteiger partial charge in [-0.2, -0.15) is 5.10 Å². The number of carbonyl (C=O) groups excluding carboxylic acids is 1. The van der Waals surface area contributed by atoms with E-state index in [1.165, 1.54) is 0 Å². The van der Waals surface area contributed by atoms with E-state index in [1.54, 1.807) is 0 Å². The first-order valence-corrected chi connectivity index (χ1v) is 8.53. The molecule has 0 aliphatic carbocycles. The number of hydrogen-bond donors (Lipinski definition) is 0. The molecule has 1 aliphatic heterocycles. The summed E-state index contributed by atoms with van der Waals surface area (Å²) in [6, 6.07) is 10.2. The fourth-order valence-corrected chi connectivity index (χ4v) is 3.43. The first-order chi connectivity index (χ1) is 11.6. The Labute approximate surface area is 143 Å². The molecule has 1 fully saturated rings. The second-order valence-corrected chi connectivity index (χ2v) is 6.59. The Kier molecular flexibility index (Phi) is 5.00. The third-order valence-electron chi connectivity index (χ3n) is 4.60. The summed E-state index contributed by atoms with van der Waals surface area (Å²) in [6.45, 7) is 7.30. The van der Waals surface area contributed by atoms with Gasteiger partial charge in [0.15, 0.2) is 0 Å². The molecule has 0 spiro atoms. The fourth-order valence-electron chi connectivity index (χ4n) is 3.43. The van der Waals surface area contributed by atoms with Crippen LogP contribution in [-0.2, 0) is 16.1 Å². The molecular weight excluding hydrogens is 302 g/mol. The van der Waals surface area contributed by atoms with E-state index in [-0.39, 0.29) is 24.1 Å². The van der Waals surface area contributed by atoms with Gasteiger partial charge in [0.25, 0.3) is 0 Å². The first-order valence-electron chi connectivity index (χ1n) is 8.53. The molecule has 1 aliphatic rings. The molecule has 5 heteroatoms. The maximum atomic E-state index is 12.8. The average molecular weight is 327 g/mol. The Morgan fingerprint density at radius 3 is 2.71 bits per heavy atom. The third-order valence-corrected chi connectivity index (χ3v) is 4.60. The Morgan fingerprint density at radius 2 is 2.04 bits per heavy atom. The molecule has 1 amide bonds. The molecule has 24 heavy (non-hydrogen) atoms. The van der Waals surface area contributed by atoms with Crippen LogP contribution in [0.15, 0.2) is 42.7 Å². The van der Waals surface area contributed by atoms with Crippen molar-refractivity contribution >= 4 is 5.91 Å². The zero-order valence-corrected chi connectivity index (χ0v) is 14.6. The highest BCUT2D eigenvalue weighted by atomic mass is 16.5. The third kappa shape index (κ3) is 3.51. The predicted octanol–water partition coefficient (Wildman–Crippen LogP) is 2.96. The molecule has 1 aromatic heterocycles. The summed E-state index contributed by atoms with van der Waals surface area (Å²) in [6.07, 6.45) is 4.16. The number of hydrogen-bond acceptors (Lipinski definition) is 3. The van der Waals surface area contributed by atoms with Crippen LogP contribution in [0.3, 0.4) is 0 Å². The van der Waals surface area contributed by atoms with Gasteiger partial charge in [-0.1, -0.05) is 30.3 Å². The van der Waals surface area contributed by atoms with Crippen LogP contribution in [-0.4, -0.2) is 39.3 Å². The van der Waals surface area contributed by atoms with Crippen molar-refractivity contribution in [3.63, 3.8) is 0 Å². The molecule has 3 atom stereocenters. The van der Waals surface area contributed by atoms with Crippen LogP contribution in [0.4, 0.5) is 0 Å². The van der Waals surface area contributed by atoms with Gasteiger partial charge in [0.1, 0.15) is 6.10 Å². The highest BCUT2D eigenvalue weighted by Crippen LogP contribution is 2.31. The number of ether oxygens (including phenoxy) is 1. The van der Waals surface area contributed by atoms with E-state index in [0.29, 0.717) is 19.6 Å². The standard InChI is InChI=1S/C19H25N3O2/c1-14-11-20-21(12-14)10-9-18(23)22-15(2)13-24-19(16(22)3)17-7-5-4-6-8-17/h4-8,11-12,15-16,19H,9-10,13H2,1-3H3/t15-,16-,19+/m1/s1. The summed E-state index contributed by atoms with van der Waals surface area (Å²) in [5, 5.41) is 4.25. The molecule has 0 radical (unpaired) electrons. The van der Waals surface area contributed by atoms with E-state index in [2.05, 4.69) is 24.2 Å². The van der Waals surface area contributed by atoms with Crippen molar-refractivity contribution in [1.29, 1.82) is 0 Å². The lowest BCUT2D eigenvalue weighted by Gasteiger charge is -2.44. The Bertz CT molecular complexity index is 683. The van der Waals surface area contributed by atoms with Crippen molar-refractivity contribution in [1.82, 2.24) is 14.7 Å². The molecule has 128 valence electrons. The number of amides is 1. The number of rotatable bonds is 4. The highest BCUT2D eigenvalue weighted by Gasteiger charge is 2.36. The van der Waals surface area contributed by atoms with Crippen LogP contribution >= 0.6 is 0 Å². The molecular formula is C19H25N3O2. The minimum atomic E-state index is -0.0710. The van der Waals surface area contributed by atoms with Gasteiger partial charge in [0, 0.05) is 19.2 Å². The monoisotopic (exact) mass is 327 g/mol. The molecule has 5 nitrogen and oxygen atoms in total. The zero-order chi connectivity index (χ0) is 17.1. The smallest absolute Gasteiger partial charge is 0.225 e. The Morgan fingerprint density at radius 1 is 1.29 bits per heavy atom. The summed E-state index contributed by atoms with van der Waals surface area (Å²) in [5.74, 6) is 0.160. The molecule has 0 unspecified atom stereocenters. The van der Waals surface area contributed by atoms with Crippen molar-refractivity contribution in [2.45, 2.75) is 51.9 Å². The van der Waals surface area contributed by atoms with Gasteiger partial charge in [0.05, 0.1) is 24.9 Å². The molecule has 0 bridgehead atoms. The molecule has 3 rings (SSSR count). The van der Waals surface area contributed by atoms with Crippen LogP contribution in [0.5, 0.6) is 0 Å². The van der Waals surface area contributed by atoms with Crippen molar-refractivity contribution in [3.8, 4) is 0 Å². The van der Waals surface area contributed by atoms with Crippen molar-refractivity contribution in [3.05, 3.63) is 53.9 Å². The lowest BCUT2D eigenvalue weighted by molar-refractivity contribution is -0.153. The summed E-state index contributed by atoms with van der Waals surface area (Å²) < 4.78 is 7.85. The van der Waals surface area contributed by atoms with Crippen LogP contribution in [0.2, 0.25) is 0 Å². The van der Waals surface area contributed by atoms with E-state index in [9.17, 15) is 4.79 Å². The largest absolute Gasteiger partial charge is 0.369 e. The lowest BCUT2D eigenvalue weighted by Crippen LogP contribution is -2.53. The highest BCUT2D eigenvalue weighted by molar-refractivity contribution is 5.77. The topological polar surface area (TPSA) is 47.4 Å². The first kappa shape index (κ1) is 16.7.